The van der Waals surface area contributed by atoms with Gasteiger partial charge in [-0.15, -0.1) is 0 Å². The maximum absolute atomic E-state index is 11.9. The number of likely N-dealkylation sites (N-methyl/N-ethyl adjacent to an activating group) is 1. The molecule has 0 spiro atoms. The molecule has 5 nitrogen and oxygen atoms in total. The predicted octanol–water partition coefficient (Wildman–Crippen LogP) is 2.07. The molecule has 0 radical (unpaired) electrons. The number of rotatable bonds is 6. The maximum Gasteiger partial charge on any atom is 0.289 e. The minimum atomic E-state index is -0.246. The van der Waals surface area contributed by atoms with Gasteiger partial charge in [0.25, 0.3) is 5.91 Å². The Kier molecular flexibility index (Phi) is 4.90. The van der Waals surface area contributed by atoms with E-state index >= 15 is 0 Å². The van der Waals surface area contributed by atoms with Gasteiger partial charge < -0.3 is 15.2 Å². The highest BCUT2D eigenvalue weighted by molar-refractivity contribution is 5.92. The second-order valence-electron chi connectivity index (χ2n) is 4.61. The summed E-state index contributed by atoms with van der Waals surface area (Å²) in [7, 11) is 0. The van der Waals surface area contributed by atoms with Gasteiger partial charge in [-0.05, 0) is 13.5 Å². The number of nitrogens with zero attached hydrogens (tertiary/aromatic N) is 1. The Labute approximate surface area is 118 Å². The van der Waals surface area contributed by atoms with E-state index < -0.39 is 0 Å². The second kappa shape index (κ2) is 6.86. The van der Waals surface area contributed by atoms with Crippen molar-refractivity contribution in [2.24, 2.45) is 0 Å². The van der Waals surface area contributed by atoms with Gasteiger partial charge in [-0.2, -0.15) is 0 Å². The lowest BCUT2D eigenvalue weighted by atomic mass is 10.1. The van der Waals surface area contributed by atoms with Crippen molar-refractivity contribution >= 4 is 5.91 Å². The first kappa shape index (κ1) is 14.3. The largest absolute Gasteiger partial charge is 0.350 e. The van der Waals surface area contributed by atoms with Gasteiger partial charge in [-0.25, -0.2) is 0 Å². The molecule has 0 saturated carbocycles. The second-order valence-corrected chi connectivity index (χ2v) is 4.61. The van der Waals surface area contributed by atoms with Crippen molar-refractivity contribution in [3.05, 3.63) is 42.2 Å². The maximum atomic E-state index is 11.9. The van der Waals surface area contributed by atoms with Crippen molar-refractivity contribution in [2.45, 2.75) is 19.9 Å². The van der Waals surface area contributed by atoms with Gasteiger partial charge in [-0.3, -0.25) is 4.79 Å². The SMILES string of the molecule is CCN[C@H](C)CNC(=O)c1cc(-c2ccccc2)no1. The average Bonchev–Trinajstić information content (AvgIpc) is 2.96. The van der Waals surface area contributed by atoms with E-state index in [9.17, 15) is 4.79 Å². The van der Waals surface area contributed by atoms with Crippen LogP contribution in [0.2, 0.25) is 0 Å². The van der Waals surface area contributed by atoms with E-state index in [0.29, 0.717) is 12.2 Å². The molecule has 1 aromatic carbocycles. The van der Waals surface area contributed by atoms with Crippen LogP contribution in [0.4, 0.5) is 0 Å². The first-order valence-corrected chi connectivity index (χ1v) is 6.74. The van der Waals surface area contributed by atoms with E-state index in [2.05, 4.69) is 15.8 Å². The number of carbonyl (C=O) groups excluding carboxylic acids is 1. The quantitative estimate of drug-likeness (QED) is 0.845. The van der Waals surface area contributed by atoms with E-state index in [1.54, 1.807) is 6.07 Å². The smallest absolute Gasteiger partial charge is 0.289 e. The van der Waals surface area contributed by atoms with Crippen molar-refractivity contribution in [1.82, 2.24) is 15.8 Å². The van der Waals surface area contributed by atoms with Crippen LogP contribution in [-0.2, 0) is 0 Å². The van der Waals surface area contributed by atoms with Crippen LogP contribution >= 0.6 is 0 Å². The van der Waals surface area contributed by atoms with Crippen LogP contribution in [0.15, 0.2) is 40.9 Å². The lowest BCUT2D eigenvalue weighted by Gasteiger charge is -2.11. The summed E-state index contributed by atoms with van der Waals surface area (Å²) in [5.41, 5.74) is 1.59. The highest BCUT2D eigenvalue weighted by Crippen LogP contribution is 2.18. The van der Waals surface area contributed by atoms with Crippen LogP contribution in [0, 0.1) is 0 Å². The molecular formula is C15H19N3O2. The molecule has 1 heterocycles. The van der Waals surface area contributed by atoms with E-state index in [0.717, 1.165) is 12.1 Å². The molecule has 1 aromatic heterocycles. The van der Waals surface area contributed by atoms with Gasteiger partial charge >= 0.3 is 0 Å². The summed E-state index contributed by atoms with van der Waals surface area (Å²) in [6.45, 7) is 5.46. The third-order valence-electron chi connectivity index (χ3n) is 2.92. The summed E-state index contributed by atoms with van der Waals surface area (Å²) in [6.07, 6.45) is 0. The van der Waals surface area contributed by atoms with Crippen molar-refractivity contribution in [3.63, 3.8) is 0 Å². The van der Waals surface area contributed by atoms with E-state index in [1.807, 2.05) is 44.2 Å². The number of benzene rings is 1. The third kappa shape index (κ3) is 3.68. The van der Waals surface area contributed by atoms with Crippen LogP contribution in [0.3, 0.4) is 0 Å². The molecule has 20 heavy (non-hydrogen) atoms. The Bertz CT molecular complexity index is 551. The van der Waals surface area contributed by atoms with Crippen LogP contribution in [0.25, 0.3) is 11.3 Å². The van der Waals surface area contributed by atoms with E-state index in [4.69, 9.17) is 4.52 Å². The minimum Gasteiger partial charge on any atom is -0.350 e. The van der Waals surface area contributed by atoms with Gasteiger partial charge in [0.2, 0.25) is 5.76 Å². The highest BCUT2D eigenvalue weighted by Gasteiger charge is 2.14. The van der Waals surface area contributed by atoms with Crippen LogP contribution in [0.1, 0.15) is 24.4 Å². The molecule has 106 valence electrons. The Morgan fingerprint density at radius 3 is 2.80 bits per heavy atom. The van der Waals surface area contributed by atoms with Crippen LogP contribution < -0.4 is 10.6 Å². The lowest BCUT2D eigenvalue weighted by molar-refractivity contribution is 0.0913. The molecule has 2 N–H and O–H groups in total. The van der Waals surface area contributed by atoms with Crippen molar-refractivity contribution in [1.29, 1.82) is 0 Å². The molecule has 5 heteroatoms. The molecule has 0 saturated heterocycles. The summed E-state index contributed by atoms with van der Waals surface area (Å²) in [6, 6.07) is 11.5. The van der Waals surface area contributed by atoms with E-state index in [1.165, 1.54) is 0 Å². The first-order valence-electron chi connectivity index (χ1n) is 6.74. The highest BCUT2D eigenvalue weighted by atomic mass is 16.5. The summed E-state index contributed by atoms with van der Waals surface area (Å²) in [5, 5.41) is 9.96. The topological polar surface area (TPSA) is 67.2 Å². The fourth-order valence-corrected chi connectivity index (χ4v) is 1.88. The number of carbonyl (C=O) groups is 1. The molecule has 1 atom stereocenters. The molecule has 0 aliphatic heterocycles. The zero-order valence-corrected chi connectivity index (χ0v) is 11.7. The first-order chi connectivity index (χ1) is 9.70. The summed E-state index contributed by atoms with van der Waals surface area (Å²) < 4.78 is 5.09. The average molecular weight is 273 g/mol. The molecular weight excluding hydrogens is 254 g/mol. The Hall–Kier alpha value is -2.14. The lowest BCUT2D eigenvalue weighted by Crippen LogP contribution is -2.38. The predicted molar refractivity (Wildman–Crippen MR) is 77.4 cm³/mol. The monoisotopic (exact) mass is 273 g/mol. The molecule has 0 aliphatic rings. The molecule has 0 bridgehead atoms. The fourth-order valence-electron chi connectivity index (χ4n) is 1.88. The number of nitrogens with one attached hydrogen (secondary N) is 2. The molecule has 2 rings (SSSR count). The number of hydrogen-bond acceptors (Lipinski definition) is 4. The Morgan fingerprint density at radius 2 is 2.10 bits per heavy atom. The van der Waals surface area contributed by atoms with Gasteiger partial charge in [0.05, 0.1) is 0 Å². The minimum absolute atomic E-state index is 0.223. The van der Waals surface area contributed by atoms with Crippen molar-refractivity contribution in [3.8, 4) is 11.3 Å². The number of aromatic nitrogens is 1. The summed E-state index contributed by atoms with van der Waals surface area (Å²) in [4.78, 5) is 11.9. The zero-order chi connectivity index (χ0) is 14.4. The van der Waals surface area contributed by atoms with Crippen molar-refractivity contribution in [2.75, 3.05) is 13.1 Å². The molecule has 0 fully saturated rings. The van der Waals surface area contributed by atoms with Gasteiger partial charge in [-0.1, -0.05) is 42.4 Å². The summed E-state index contributed by atoms with van der Waals surface area (Å²) >= 11 is 0. The Morgan fingerprint density at radius 1 is 1.35 bits per heavy atom. The van der Waals surface area contributed by atoms with Crippen LogP contribution in [-0.4, -0.2) is 30.2 Å². The molecule has 0 aliphatic carbocycles. The van der Waals surface area contributed by atoms with Crippen molar-refractivity contribution < 1.29 is 9.32 Å². The number of hydrogen-bond donors (Lipinski definition) is 2. The fraction of sp³-hybridized carbons (Fsp3) is 0.333. The molecule has 0 unspecified atom stereocenters. The number of amides is 1. The molecule has 1 amide bonds. The van der Waals surface area contributed by atoms with Crippen LogP contribution in [0.5, 0.6) is 0 Å². The van der Waals surface area contributed by atoms with Gasteiger partial charge in [0, 0.05) is 24.2 Å². The Balaban J connectivity index is 1.97. The zero-order valence-electron chi connectivity index (χ0n) is 11.7. The van der Waals surface area contributed by atoms with Gasteiger partial charge in [0.1, 0.15) is 5.69 Å². The third-order valence-corrected chi connectivity index (χ3v) is 2.92. The summed E-state index contributed by atoms with van der Waals surface area (Å²) in [5.74, 6) is -0.0167. The standard InChI is InChI=1S/C15H19N3O2/c1-3-16-11(2)10-17-15(19)14-9-13(18-20-14)12-7-5-4-6-8-12/h4-9,11,16H,3,10H2,1-2H3,(H,17,19)/t11-/m1/s1. The van der Waals surface area contributed by atoms with Gasteiger partial charge in [0.15, 0.2) is 0 Å². The van der Waals surface area contributed by atoms with E-state index in [-0.39, 0.29) is 17.7 Å². The molecule has 2 aromatic rings. The normalized spacial score (nSPS) is 12.1.